The van der Waals surface area contributed by atoms with E-state index in [-0.39, 0.29) is 17.9 Å². The summed E-state index contributed by atoms with van der Waals surface area (Å²) in [5.74, 6) is 1.10. The van der Waals surface area contributed by atoms with E-state index in [4.69, 9.17) is 9.47 Å². The van der Waals surface area contributed by atoms with Crippen LogP contribution in [0.2, 0.25) is 0 Å². The topological polar surface area (TPSA) is 95.3 Å². The molecule has 9 heteroatoms. The van der Waals surface area contributed by atoms with Crippen LogP contribution in [0.4, 0.5) is 5.13 Å². The van der Waals surface area contributed by atoms with Crippen molar-refractivity contribution >= 4 is 33.3 Å². The quantitative estimate of drug-likeness (QED) is 0.419. The van der Waals surface area contributed by atoms with Gasteiger partial charge in [0.1, 0.15) is 0 Å². The Morgan fingerprint density at radius 3 is 2.76 bits per heavy atom. The van der Waals surface area contributed by atoms with E-state index in [1.54, 1.807) is 31.2 Å². The Balaban J connectivity index is 1.36. The number of aromatic nitrogens is 3. The summed E-state index contributed by atoms with van der Waals surface area (Å²) in [6, 6.07) is 11.1. The average Bonchev–Trinajstić information content (AvgIpc) is 3.29. The maximum atomic E-state index is 12.7. The van der Waals surface area contributed by atoms with Crippen molar-refractivity contribution in [2.45, 2.75) is 26.3 Å². The van der Waals surface area contributed by atoms with Crippen LogP contribution < -0.4 is 20.3 Å². The van der Waals surface area contributed by atoms with E-state index >= 15 is 0 Å². The number of nitrogens with one attached hydrogen (secondary N) is 1. The number of thiazole rings is 1. The second kappa shape index (κ2) is 9.83. The van der Waals surface area contributed by atoms with E-state index in [1.165, 1.54) is 11.3 Å². The van der Waals surface area contributed by atoms with Gasteiger partial charge in [0.25, 0.3) is 5.56 Å². The zero-order chi connectivity index (χ0) is 23.4. The Kier molecular flexibility index (Phi) is 6.69. The highest BCUT2D eigenvalue weighted by Gasteiger charge is 2.12. The van der Waals surface area contributed by atoms with Gasteiger partial charge in [-0.25, -0.2) is 9.97 Å². The van der Waals surface area contributed by atoms with E-state index in [0.29, 0.717) is 40.5 Å². The summed E-state index contributed by atoms with van der Waals surface area (Å²) < 4.78 is 12.2. The highest BCUT2D eigenvalue weighted by Crippen LogP contribution is 2.33. The fraction of sp³-hybridized carbons (Fsp3) is 0.250. The van der Waals surface area contributed by atoms with Gasteiger partial charge in [0.15, 0.2) is 16.6 Å². The molecular weight excluding hydrogens is 440 g/mol. The van der Waals surface area contributed by atoms with Gasteiger partial charge in [-0.1, -0.05) is 12.1 Å². The van der Waals surface area contributed by atoms with Crippen LogP contribution in [-0.4, -0.2) is 34.7 Å². The van der Waals surface area contributed by atoms with Crippen LogP contribution in [0, 0.1) is 6.92 Å². The van der Waals surface area contributed by atoms with E-state index in [1.807, 2.05) is 42.6 Å². The number of hydrogen-bond acceptors (Lipinski definition) is 7. The number of anilines is 1. The molecule has 33 heavy (non-hydrogen) atoms. The van der Waals surface area contributed by atoms with E-state index < -0.39 is 0 Å². The predicted molar refractivity (Wildman–Crippen MR) is 129 cm³/mol. The summed E-state index contributed by atoms with van der Waals surface area (Å²) >= 11 is 1.35. The fourth-order valence-corrected chi connectivity index (χ4v) is 4.28. The second-order valence-electron chi connectivity index (χ2n) is 7.47. The lowest BCUT2D eigenvalue weighted by Crippen LogP contribution is -2.22. The number of fused-ring (bicyclic) bond motifs is 1. The third-order valence-electron chi connectivity index (χ3n) is 5.29. The minimum atomic E-state index is -0.152. The molecule has 8 nitrogen and oxygen atoms in total. The molecule has 0 spiro atoms. The number of ether oxygens (including phenoxy) is 2. The number of methoxy groups -OCH3 is 2. The standard InChI is InChI=1S/C24H24N4O4S/c1-15-6-4-7-17-22(15)25-14-28(23(17)30)11-5-8-21(29)27-24-26-18(13-33-24)16-9-10-19(31-2)20(12-16)32-3/h4,6-7,9-10,12-14H,5,8,11H2,1-3H3,(H,26,27,29). The summed E-state index contributed by atoms with van der Waals surface area (Å²) in [7, 11) is 3.17. The number of carbonyl (C=O) groups excluding carboxylic acids is 1. The maximum Gasteiger partial charge on any atom is 0.261 e. The van der Waals surface area contributed by atoms with Gasteiger partial charge < -0.3 is 14.8 Å². The Morgan fingerprint density at radius 2 is 1.97 bits per heavy atom. The summed E-state index contributed by atoms with van der Waals surface area (Å²) in [5.41, 5.74) is 3.18. The molecule has 0 radical (unpaired) electrons. The van der Waals surface area contributed by atoms with Crippen molar-refractivity contribution < 1.29 is 14.3 Å². The normalized spacial score (nSPS) is 10.9. The van der Waals surface area contributed by atoms with E-state index in [2.05, 4.69) is 15.3 Å². The first kappa shape index (κ1) is 22.5. The van der Waals surface area contributed by atoms with E-state index in [9.17, 15) is 9.59 Å². The molecule has 0 aliphatic carbocycles. The molecule has 1 N–H and O–H groups in total. The molecule has 4 rings (SSSR count). The zero-order valence-electron chi connectivity index (χ0n) is 18.6. The van der Waals surface area contributed by atoms with E-state index in [0.717, 1.165) is 16.8 Å². The lowest BCUT2D eigenvalue weighted by atomic mass is 10.1. The number of rotatable bonds is 8. The number of nitrogens with zero attached hydrogens (tertiary/aromatic N) is 3. The first-order valence-electron chi connectivity index (χ1n) is 10.4. The summed E-state index contributed by atoms with van der Waals surface area (Å²) in [5, 5.41) is 5.81. The number of benzene rings is 2. The minimum Gasteiger partial charge on any atom is -0.493 e. The van der Waals surface area contributed by atoms with Gasteiger partial charge in [-0.2, -0.15) is 0 Å². The van der Waals surface area contributed by atoms with Crippen LogP contribution in [0.1, 0.15) is 18.4 Å². The lowest BCUT2D eigenvalue weighted by Gasteiger charge is -2.08. The monoisotopic (exact) mass is 464 g/mol. The predicted octanol–water partition coefficient (Wildman–Crippen LogP) is 4.26. The molecule has 2 aromatic carbocycles. The first-order valence-corrected chi connectivity index (χ1v) is 11.3. The summed E-state index contributed by atoms with van der Waals surface area (Å²) in [6.45, 7) is 2.34. The van der Waals surface area contributed by atoms with Gasteiger partial charge in [0, 0.05) is 23.9 Å². The van der Waals surface area contributed by atoms with Crippen molar-refractivity contribution in [3.05, 3.63) is 64.0 Å². The Bertz CT molecular complexity index is 1360. The molecule has 2 heterocycles. The van der Waals surface area contributed by atoms with Gasteiger partial charge in [0.2, 0.25) is 5.91 Å². The van der Waals surface area contributed by atoms with Crippen LogP contribution >= 0.6 is 11.3 Å². The lowest BCUT2D eigenvalue weighted by molar-refractivity contribution is -0.116. The fourth-order valence-electron chi connectivity index (χ4n) is 3.55. The molecule has 0 aliphatic rings. The van der Waals surface area contributed by atoms with Crippen LogP contribution in [0.25, 0.3) is 22.2 Å². The second-order valence-corrected chi connectivity index (χ2v) is 8.33. The first-order chi connectivity index (χ1) is 16.0. The summed E-state index contributed by atoms with van der Waals surface area (Å²) in [4.78, 5) is 34.0. The largest absolute Gasteiger partial charge is 0.493 e. The Hall–Kier alpha value is -3.72. The van der Waals surface area contributed by atoms with Crippen molar-refractivity contribution in [3.8, 4) is 22.8 Å². The smallest absolute Gasteiger partial charge is 0.261 e. The molecular formula is C24H24N4O4S. The minimum absolute atomic E-state index is 0.0939. The van der Waals surface area contributed by atoms with Gasteiger partial charge in [-0.05, 0) is 43.2 Å². The number of aryl methyl sites for hydroxylation is 2. The molecule has 0 saturated carbocycles. The molecule has 0 atom stereocenters. The number of hydrogen-bond donors (Lipinski definition) is 1. The van der Waals surface area contributed by atoms with Crippen LogP contribution in [0.3, 0.4) is 0 Å². The zero-order valence-corrected chi connectivity index (χ0v) is 19.4. The van der Waals surface area contributed by atoms with Crippen LogP contribution in [0.15, 0.2) is 52.9 Å². The number of para-hydroxylation sites is 1. The molecule has 0 aliphatic heterocycles. The third-order valence-corrected chi connectivity index (χ3v) is 6.05. The van der Waals surface area contributed by atoms with Crippen molar-refractivity contribution in [1.82, 2.24) is 14.5 Å². The maximum absolute atomic E-state index is 12.7. The molecule has 0 fully saturated rings. The Morgan fingerprint density at radius 1 is 1.15 bits per heavy atom. The highest BCUT2D eigenvalue weighted by molar-refractivity contribution is 7.14. The molecule has 0 saturated heterocycles. The van der Waals surface area contributed by atoms with Crippen molar-refractivity contribution in [1.29, 1.82) is 0 Å². The van der Waals surface area contributed by atoms with Crippen molar-refractivity contribution in [2.75, 3.05) is 19.5 Å². The Labute approximate surface area is 194 Å². The number of carbonyl (C=O) groups is 1. The molecule has 1 amide bonds. The SMILES string of the molecule is COc1ccc(-c2csc(NC(=O)CCCn3cnc4c(C)cccc4c3=O)n2)cc1OC. The molecule has 170 valence electrons. The molecule has 4 aromatic rings. The van der Waals surface area contributed by atoms with Gasteiger partial charge >= 0.3 is 0 Å². The summed E-state index contributed by atoms with van der Waals surface area (Å²) in [6.07, 6.45) is 2.33. The molecule has 0 bridgehead atoms. The van der Waals surface area contributed by atoms with Crippen molar-refractivity contribution in [3.63, 3.8) is 0 Å². The van der Waals surface area contributed by atoms with Gasteiger partial charge in [-0.15, -0.1) is 11.3 Å². The van der Waals surface area contributed by atoms with Crippen LogP contribution in [0.5, 0.6) is 11.5 Å². The highest BCUT2D eigenvalue weighted by atomic mass is 32.1. The molecule has 0 unspecified atom stereocenters. The molecule has 2 aromatic heterocycles. The van der Waals surface area contributed by atoms with Gasteiger partial charge in [0.05, 0.1) is 37.1 Å². The van der Waals surface area contributed by atoms with Crippen molar-refractivity contribution in [2.24, 2.45) is 0 Å². The third kappa shape index (κ3) is 4.88. The van der Waals surface area contributed by atoms with Gasteiger partial charge in [-0.3, -0.25) is 14.2 Å². The average molecular weight is 465 g/mol. The van der Waals surface area contributed by atoms with Crippen LogP contribution in [-0.2, 0) is 11.3 Å². The number of amides is 1.